The molecule has 3 rings (SSSR count). The summed E-state index contributed by atoms with van der Waals surface area (Å²) in [7, 11) is -3.26. The van der Waals surface area contributed by atoms with Crippen molar-refractivity contribution in [3.63, 3.8) is 0 Å². The molecule has 1 unspecified atom stereocenters. The van der Waals surface area contributed by atoms with E-state index in [1.54, 1.807) is 12.1 Å². The monoisotopic (exact) mass is 328 g/mol. The number of H-pyrrole nitrogens is 1. The van der Waals surface area contributed by atoms with Gasteiger partial charge in [-0.05, 0) is 48.2 Å². The molecule has 1 aromatic carbocycles. The molecule has 108 valence electrons. The number of benzene rings is 1. The van der Waals surface area contributed by atoms with Crippen molar-refractivity contribution >= 4 is 44.9 Å². The Labute approximate surface area is 127 Å². The smallest absolute Gasteiger partial charge is 0.178 e. The number of hydrogen-bond donors (Lipinski definition) is 1. The van der Waals surface area contributed by atoms with Crippen LogP contribution in [0.1, 0.15) is 6.42 Å². The van der Waals surface area contributed by atoms with Crippen molar-refractivity contribution in [2.24, 2.45) is 5.92 Å². The summed E-state index contributed by atoms with van der Waals surface area (Å²) in [5, 5.41) is 0. The fourth-order valence-electron chi connectivity index (χ4n) is 2.63. The first-order chi connectivity index (χ1) is 9.47. The van der Waals surface area contributed by atoms with Crippen LogP contribution in [0.3, 0.4) is 0 Å². The quantitative estimate of drug-likeness (QED) is 0.880. The molecular formula is C13H16N2O2S3. The maximum atomic E-state index is 11.8. The Morgan fingerprint density at radius 3 is 2.95 bits per heavy atom. The molecular weight excluding hydrogens is 312 g/mol. The molecule has 1 N–H and O–H groups in total. The average Bonchev–Trinajstić information content (AvgIpc) is 2.97. The number of thioether (sulfide) groups is 1. The van der Waals surface area contributed by atoms with Crippen LogP contribution in [0.2, 0.25) is 0 Å². The summed E-state index contributed by atoms with van der Waals surface area (Å²) in [4.78, 5) is 3.39. The molecule has 7 heteroatoms. The number of aromatic nitrogens is 2. The number of nitrogens with one attached hydrogen (secondary N) is 1. The summed E-state index contributed by atoms with van der Waals surface area (Å²) in [6.45, 7) is 0.860. The number of fused-ring (bicyclic) bond motifs is 1. The number of imidazole rings is 1. The number of rotatable bonds is 3. The van der Waals surface area contributed by atoms with E-state index in [0.717, 1.165) is 17.8 Å². The first-order valence-electron chi connectivity index (χ1n) is 6.46. The van der Waals surface area contributed by atoms with Crippen LogP contribution in [-0.2, 0) is 16.4 Å². The van der Waals surface area contributed by atoms with Gasteiger partial charge in [-0.3, -0.25) is 0 Å². The van der Waals surface area contributed by atoms with Crippen molar-refractivity contribution in [2.45, 2.75) is 17.9 Å². The second kappa shape index (κ2) is 5.20. The average molecular weight is 328 g/mol. The fourth-order valence-corrected chi connectivity index (χ4v) is 5.03. The van der Waals surface area contributed by atoms with Gasteiger partial charge >= 0.3 is 0 Å². The van der Waals surface area contributed by atoms with E-state index < -0.39 is 9.84 Å². The van der Waals surface area contributed by atoms with E-state index in [1.807, 2.05) is 22.4 Å². The summed E-state index contributed by atoms with van der Waals surface area (Å²) in [6, 6.07) is 5.33. The Kier molecular flexibility index (Phi) is 3.68. The van der Waals surface area contributed by atoms with Gasteiger partial charge in [-0.1, -0.05) is 6.07 Å². The Morgan fingerprint density at radius 2 is 2.30 bits per heavy atom. The molecule has 1 atom stereocenters. The molecule has 0 amide bonds. The topological polar surface area (TPSA) is 54.9 Å². The SMILES string of the molecule is CS(=O)(=O)c1cccc2c1[nH]c(=S)n2CC1CCSC1. The second-order valence-electron chi connectivity index (χ2n) is 5.19. The van der Waals surface area contributed by atoms with Gasteiger partial charge in [0.1, 0.15) is 0 Å². The lowest BCUT2D eigenvalue weighted by atomic mass is 10.1. The third-order valence-corrected chi connectivity index (χ3v) is 6.33. The third kappa shape index (κ3) is 2.54. The molecule has 1 aliphatic heterocycles. The van der Waals surface area contributed by atoms with Crippen LogP contribution in [0.4, 0.5) is 0 Å². The molecule has 1 aliphatic rings. The van der Waals surface area contributed by atoms with Gasteiger partial charge in [0.15, 0.2) is 14.6 Å². The summed E-state index contributed by atoms with van der Waals surface area (Å²) in [6.07, 6.45) is 2.43. The normalized spacial score (nSPS) is 19.8. The van der Waals surface area contributed by atoms with Gasteiger partial charge in [0.05, 0.1) is 15.9 Å². The maximum Gasteiger partial charge on any atom is 0.178 e. The van der Waals surface area contributed by atoms with Gasteiger partial charge in [-0.2, -0.15) is 11.8 Å². The van der Waals surface area contributed by atoms with Crippen LogP contribution in [-0.4, -0.2) is 35.7 Å². The molecule has 20 heavy (non-hydrogen) atoms. The molecule has 1 saturated heterocycles. The highest BCUT2D eigenvalue weighted by Gasteiger charge is 2.20. The van der Waals surface area contributed by atoms with Crippen molar-refractivity contribution in [2.75, 3.05) is 17.8 Å². The van der Waals surface area contributed by atoms with E-state index in [-0.39, 0.29) is 0 Å². The summed E-state index contributed by atoms with van der Waals surface area (Å²) in [5.74, 6) is 2.97. The molecule has 0 radical (unpaired) electrons. The van der Waals surface area contributed by atoms with Crippen molar-refractivity contribution in [3.8, 4) is 0 Å². The van der Waals surface area contributed by atoms with E-state index in [1.165, 1.54) is 18.4 Å². The van der Waals surface area contributed by atoms with E-state index >= 15 is 0 Å². The van der Waals surface area contributed by atoms with Gasteiger partial charge in [0.2, 0.25) is 0 Å². The third-order valence-electron chi connectivity index (χ3n) is 3.64. The van der Waals surface area contributed by atoms with Crippen LogP contribution in [0.15, 0.2) is 23.1 Å². The van der Waals surface area contributed by atoms with E-state index in [2.05, 4.69) is 4.98 Å². The Morgan fingerprint density at radius 1 is 1.50 bits per heavy atom. The lowest BCUT2D eigenvalue weighted by molar-refractivity contribution is 0.497. The van der Waals surface area contributed by atoms with Gasteiger partial charge < -0.3 is 9.55 Å². The van der Waals surface area contributed by atoms with Gasteiger partial charge in [0.25, 0.3) is 0 Å². The molecule has 0 spiro atoms. The van der Waals surface area contributed by atoms with Crippen molar-refractivity contribution in [1.82, 2.24) is 9.55 Å². The highest BCUT2D eigenvalue weighted by Crippen LogP contribution is 2.28. The first kappa shape index (κ1) is 14.2. The zero-order chi connectivity index (χ0) is 14.3. The summed E-state index contributed by atoms with van der Waals surface area (Å²) < 4.78 is 26.3. The zero-order valence-corrected chi connectivity index (χ0v) is 13.6. The zero-order valence-electron chi connectivity index (χ0n) is 11.1. The molecule has 4 nitrogen and oxygen atoms in total. The standard InChI is InChI=1S/C13H16N2O2S3/c1-20(16,17)11-4-2-3-10-12(11)14-13(18)15(10)7-9-5-6-19-8-9/h2-4,9H,5-8H2,1H3,(H,14,18). The van der Waals surface area contributed by atoms with E-state index in [9.17, 15) is 8.42 Å². The minimum absolute atomic E-state index is 0.320. The number of hydrogen-bond acceptors (Lipinski definition) is 4. The number of nitrogens with zero attached hydrogens (tertiary/aromatic N) is 1. The Bertz CT molecular complexity index is 799. The minimum atomic E-state index is -3.26. The predicted molar refractivity (Wildman–Crippen MR) is 85.7 cm³/mol. The van der Waals surface area contributed by atoms with Gasteiger partial charge in [-0.15, -0.1) is 0 Å². The maximum absolute atomic E-state index is 11.8. The van der Waals surface area contributed by atoms with Crippen LogP contribution in [0.25, 0.3) is 11.0 Å². The highest BCUT2D eigenvalue weighted by atomic mass is 32.2. The lowest BCUT2D eigenvalue weighted by Crippen LogP contribution is -2.10. The van der Waals surface area contributed by atoms with Crippen molar-refractivity contribution < 1.29 is 8.42 Å². The summed E-state index contributed by atoms with van der Waals surface area (Å²) in [5.41, 5.74) is 1.51. The highest BCUT2D eigenvalue weighted by molar-refractivity contribution is 7.99. The van der Waals surface area contributed by atoms with Crippen molar-refractivity contribution in [1.29, 1.82) is 0 Å². The molecule has 2 heterocycles. The van der Waals surface area contributed by atoms with Crippen LogP contribution in [0, 0.1) is 10.7 Å². The lowest BCUT2D eigenvalue weighted by Gasteiger charge is -2.10. The van der Waals surface area contributed by atoms with E-state index in [4.69, 9.17) is 12.2 Å². The number of sulfone groups is 1. The molecule has 0 saturated carbocycles. The van der Waals surface area contributed by atoms with Gasteiger partial charge in [-0.25, -0.2) is 8.42 Å². The second-order valence-corrected chi connectivity index (χ2v) is 8.71. The molecule has 0 bridgehead atoms. The number of aromatic amines is 1. The molecule has 1 aromatic heterocycles. The first-order valence-corrected chi connectivity index (χ1v) is 9.91. The molecule has 1 fully saturated rings. The summed E-state index contributed by atoms with van der Waals surface area (Å²) >= 11 is 7.35. The minimum Gasteiger partial charge on any atom is -0.329 e. The van der Waals surface area contributed by atoms with Crippen LogP contribution in [0.5, 0.6) is 0 Å². The van der Waals surface area contributed by atoms with Crippen LogP contribution < -0.4 is 0 Å². The van der Waals surface area contributed by atoms with Gasteiger partial charge in [0, 0.05) is 12.8 Å². The predicted octanol–water partition coefficient (Wildman–Crippen LogP) is 2.86. The fraction of sp³-hybridized carbons (Fsp3) is 0.462. The van der Waals surface area contributed by atoms with Crippen molar-refractivity contribution in [3.05, 3.63) is 23.0 Å². The largest absolute Gasteiger partial charge is 0.329 e. The molecule has 0 aliphatic carbocycles. The molecule has 2 aromatic rings. The Balaban J connectivity index is 2.14. The van der Waals surface area contributed by atoms with E-state index in [0.29, 0.717) is 21.1 Å². The Hall–Kier alpha value is -0.790. The van der Waals surface area contributed by atoms with Crippen LogP contribution >= 0.6 is 24.0 Å². The number of para-hydroxylation sites is 1.